The minimum Gasteiger partial charge on any atom is -0.390 e. The number of ether oxygens (including phenoxy) is 2. The molecule has 19 nitrogen and oxygen atoms in total. The van der Waals surface area contributed by atoms with E-state index in [1.165, 1.54) is 13.0 Å². The van der Waals surface area contributed by atoms with E-state index in [0.29, 0.717) is 5.06 Å². The molecule has 23 heteroatoms. The third kappa shape index (κ3) is 7.70. The number of Topliss-reactive ketones (excluding diaryl/α,β-unsaturated/α-hetero) is 1. The van der Waals surface area contributed by atoms with Gasteiger partial charge < -0.3 is 34.5 Å². The largest absolute Gasteiger partial charge is 0.481 e. The lowest BCUT2D eigenvalue weighted by molar-refractivity contribution is -0.240. The Hall–Kier alpha value is -3.10. The van der Waals surface area contributed by atoms with Crippen LogP contribution in [0.4, 0.5) is 8.78 Å². The molecule has 4 saturated carbocycles. The van der Waals surface area contributed by atoms with Crippen LogP contribution in [0.3, 0.4) is 0 Å². The zero-order chi connectivity index (χ0) is 43.6. The van der Waals surface area contributed by atoms with Gasteiger partial charge >= 0.3 is 21.6 Å². The van der Waals surface area contributed by atoms with Gasteiger partial charge in [-0.15, -0.1) is 5.06 Å². The lowest BCUT2D eigenvalue weighted by Gasteiger charge is -2.63. The Labute approximate surface area is 342 Å². The summed E-state index contributed by atoms with van der Waals surface area (Å²) in [7, 11) is -10.9. The number of aliphatic hydroxyl groups is 1. The van der Waals surface area contributed by atoms with Crippen LogP contribution >= 0.6 is 15.6 Å². The lowest BCUT2D eigenvalue weighted by Crippen LogP contribution is -2.71. The minimum atomic E-state index is -5.56. The van der Waals surface area contributed by atoms with Crippen molar-refractivity contribution in [2.75, 3.05) is 19.8 Å². The zero-order valence-corrected chi connectivity index (χ0v) is 34.6. The number of hydrogen-bond acceptors (Lipinski definition) is 15. The number of halogens is 2. The Morgan fingerprint density at radius 1 is 1.02 bits per heavy atom. The number of aliphatic hydroxyl groups excluding tert-OH is 1. The summed E-state index contributed by atoms with van der Waals surface area (Å²) < 4.78 is 86.1. The minimum absolute atomic E-state index is 0.00186. The topological polar surface area (TPSA) is 268 Å². The van der Waals surface area contributed by atoms with E-state index in [-0.39, 0.29) is 56.4 Å². The highest BCUT2D eigenvalue weighted by Gasteiger charge is 2.80. The summed E-state index contributed by atoms with van der Waals surface area (Å²) in [5, 5.41) is 14.5. The number of fused-ring (bicyclic) bond motifs is 7. The lowest BCUT2D eigenvalue weighted by atomic mass is 9.44. The molecule has 6 fully saturated rings. The maximum Gasteiger partial charge on any atom is 0.481 e. The van der Waals surface area contributed by atoms with Crippen LogP contribution in [0.5, 0.6) is 0 Å². The number of carbonyl (C=O) groups excluding carboxylic acids is 6. The predicted molar refractivity (Wildman–Crippen MR) is 196 cm³/mol. The summed E-state index contributed by atoms with van der Waals surface area (Å²) in [5.41, 5.74) is -7.68. The van der Waals surface area contributed by atoms with Crippen molar-refractivity contribution in [3.8, 4) is 0 Å². The van der Waals surface area contributed by atoms with Crippen molar-refractivity contribution in [1.82, 2.24) is 10.4 Å². The first-order valence-electron chi connectivity index (χ1n) is 19.9. The third-order valence-electron chi connectivity index (χ3n) is 13.6. The molecular weight excluding hydrogens is 844 g/mol. The second-order valence-corrected chi connectivity index (χ2v) is 20.0. The van der Waals surface area contributed by atoms with Crippen molar-refractivity contribution in [1.29, 1.82) is 0 Å². The van der Waals surface area contributed by atoms with Crippen LogP contribution in [0.2, 0.25) is 0 Å². The van der Waals surface area contributed by atoms with E-state index >= 15 is 8.78 Å². The van der Waals surface area contributed by atoms with Crippen LogP contribution in [0.15, 0.2) is 23.8 Å². The maximum atomic E-state index is 17.8. The normalized spacial score (nSPS) is 39.1. The molecule has 2 aliphatic heterocycles. The van der Waals surface area contributed by atoms with Gasteiger partial charge in [0.05, 0.1) is 18.8 Å². The summed E-state index contributed by atoms with van der Waals surface area (Å²) in [6.07, 6.45) is -1.21. The fraction of sp³-hybridized carbons (Fsp3) is 0.730. The summed E-state index contributed by atoms with van der Waals surface area (Å²) in [6, 6.07) is 0. The number of carbonyl (C=O) groups is 6. The van der Waals surface area contributed by atoms with Crippen molar-refractivity contribution in [2.45, 2.75) is 120 Å². The first kappa shape index (κ1) is 44.9. The van der Waals surface area contributed by atoms with Gasteiger partial charge in [0.2, 0.25) is 5.91 Å². The van der Waals surface area contributed by atoms with Gasteiger partial charge in [-0.1, -0.05) is 19.4 Å². The molecule has 0 aromatic heterocycles. The quantitative estimate of drug-likeness (QED) is 0.0986. The number of rotatable bonds is 16. The number of allylic oxidation sites excluding steroid dienone is 4. The number of ketones is 2. The summed E-state index contributed by atoms with van der Waals surface area (Å²) >= 11 is 0. The van der Waals surface area contributed by atoms with Gasteiger partial charge in [0, 0.05) is 54.9 Å². The molecule has 12 atom stereocenters. The Morgan fingerprint density at radius 2 is 1.70 bits per heavy atom. The zero-order valence-electron chi connectivity index (χ0n) is 32.8. The van der Waals surface area contributed by atoms with Gasteiger partial charge in [0.25, 0.3) is 11.8 Å². The second kappa shape index (κ2) is 16.2. The third-order valence-corrected chi connectivity index (χ3v) is 16.2. The molecule has 0 bridgehead atoms. The van der Waals surface area contributed by atoms with Gasteiger partial charge in [-0.25, -0.2) is 22.7 Å². The van der Waals surface area contributed by atoms with E-state index in [2.05, 4.69) is 14.2 Å². The van der Waals surface area contributed by atoms with Gasteiger partial charge in [-0.05, 0) is 69.1 Å². The summed E-state index contributed by atoms with van der Waals surface area (Å²) in [6.45, 7) is 0.704. The molecule has 7 rings (SSSR count). The molecule has 332 valence electrons. The molecule has 2 saturated heterocycles. The van der Waals surface area contributed by atoms with E-state index in [4.69, 9.17) is 18.8 Å². The SMILES string of the molecule is C[C@]12C=CC(=O)C=C1[C@@H](F)C[C@H]1[C@@H]3C[C@H]4O[C@@H](C5CCC5)O[C@@]4(C(=O)COP(=O)(O)OP(=O)(O)OCCNC(=O)CCCC(=O)ON4C(=O)CCC4=O)[C@@]3(C)C[C@H](O)[C@@]12F. The number of hydroxylamine groups is 2. The molecule has 7 aliphatic rings. The Bertz CT molecular complexity index is 1980. The van der Waals surface area contributed by atoms with Crippen molar-refractivity contribution >= 4 is 50.9 Å². The van der Waals surface area contributed by atoms with Gasteiger partial charge in [0.15, 0.2) is 29.1 Å². The molecule has 0 aromatic carbocycles. The number of imide groups is 1. The molecule has 5 aliphatic carbocycles. The Kier molecular flexibility index (Phi) is 12.2. The number of alkyl halides is 2. The van der Waals surface area contributed by atoms with Gasteiger partial charge in [-0.2, -0.15) is 4.31 Å². The van der Waals surface area contributed by atoms with Gasteiger partial charge in [0.1, 0.15) is 12.8 Å². The number of phosphoric ester groups is 2. The van der Waals surface area contributed by atoms with Crippen molar-refractivity contribution in [3.63, 3.8) is 0 Å². The number of nitrogens with one attached hydrogen (secondary N) is 1. The summed E-state index contributed by atoms with van der Waals surface area (Å²) in [4.78, 5) is 99.1. The Morgan fingerprint density at radius 3 is 2.37 bits per heavy atom. The van der Waals surface area contributed by atoms with Crippen LogP contribution in [0.25, 0.3) is 0 Å². The highest BCUT2D eigenvalue weighted by Crippen LogP contribution is 2.72. The maximum absolute atomic E-state index is 17.8. The van der Waals surface area contributed by atoms with E-state index < -0.39 is 136 Å². The smallest absolute Gasteiger partial charge is 0.390 e. The van der Waals surface area contributed by atoms with Crippen LogP contribution in [-0.2, 0) is 65.6 Å². The van der Waals surface area contributed by atoms with E-state index in [0.717, 1.165) is 31.4 Å². The number of amides is 3. The highest BCUT2D eigenvalue weighted by molar-refractivity contribution is 7.61. The number of phosphoric acid groups is 2. The van der Waals surface area contributed by atoms with Crippen LogP contribution < -0.4 is 5.32 Å². The summed E-state index contributed by atoms with van der Waals surface area (Å²) in [5.74, 6) is -6.43. The predicted octanol–water partition coefficient (Wildman–Crippen LogP) is 2.91. The molecule has 0 spiro atoms. The molecule has 3 amide bonds. The van der Waals surface area contributed by atoms with Crippen LogP contribution in [0.1, 0.15) is 84.5 Å². The highest BCUT2D eigenvalue weighted by atomic mass is 31.3. The van der Waals surface area contributed by atoms with Crippen LogP contribution in [0, 0.1) is 28.6 Å². The standard InChI is InChI=1S/C37H48F2N2O17P2/c1-34-12-11-21(42)15-24(34)25(38)16-23-22-17-28-37(56-33(55-28)20-5-3-6-20,35(22,2)18-26(43)36(23,34)39)27(44)19-54-60(51,52)58-59(49,50)53-14-13-40-29(45)7-4-8-32(48)57-41-30(46)9-10-31(41)47/h11-12,15,20,22-23,25-26,28,33,43H,3-10,13-14,16-19H2,1-2H3,(H,40,45)(H,49,50)(H,51,52)/t22-,23-,25-,26-,28+,33+,34-,35-,36-,37+/m0/s1. The molecule has 4 N–H and O–H groups in total. The van der Waals surface area contributed by atoms with Crippen molar-refractivity contribution in [3.05, 3.63) is 23.8 Å². The van der Waals surface area contributed by atoms with Crippen molar-refractivity contribution < 1.29 is 89.2 Å². The molecule has 2 heterocycles. The Balaban J connectivity index is 0.958. The first-order valence-corrected chi connectivity index (χ1v) is 22.9. The van der Waals surface area contributed by atoms with E-state index in [1.54, 1.807) is 6.92 Å². The fourth-order valence-corrected chi connectivity index (χ4v) is 12.5. The average molecular weight is 893 g/mol. The molecule has 0 aromatic rings. The number of hydrogen-bond donors (Lipinski definition) is 4. The molecule has 0 radical (unpaired) electrons. The molecule has 60 heavy (non-hydrogen) atoms. The van der Waals surface area contributed by atoms with Crippen LogP contribution in [-0.4, -0.2) is 111 Å². The molecule has 2 unspecified atom stereocenters. The first-order chi connectivity index (χ1) is 28.1. The van der Waals surface area contributed by atoms with E-state index in [9.17, 15) is 52.8 Å². The monoisotopic (exact) mass is 892 g/mol. The fourth-order valence-electron chi connectivity index (χ4n) is 10.5. The van der Waals surface area contributed by atoms with E-state index in [1.807, 2.05) is 0 Å². The average Bonchev–Trinajstić information content (AvgIpc) is 3.75. The van der Waals surface area contributed by atoms with Gasteiger partial charge in [-0.3, -0.25) is 33.0 Å². The second-order valence-electron chi connectivity index (χ2n) is 16.9. The number of nitrogens with zero attached hydrogens (tertiary/aromatic N) is 1. The van der Waals surface area contributed by atoms with Crippen molar-refractivity contribution in [2.24, 2.45) is 28.6 Å². The molecular formula is C37H48F2N2O17P2.